The molecule has 2 N–H and O–H groups in total. The van der Waals surface area contributed by atoms with Gasteiger partial charge < -0.3 is 10.6 Å². The molecule has 0 bridgehead atoms. The van der Waals surface area contributed by atoms with E-state index < -0.39 is 0 Å². The molecule has 1 aliphatic rings. The van der Waals surface area contributed by atoms with Gasteiger partial charge in [0.1, 0.15) is 6.17 Å². The number of para-hydroxylation sites is 1. The standard InChI is InChI=1S/C16H16N2O/c1-2-11-7-9-12(10-8-11)15-17-14-6-4-3-5-13(14)16(19)18-15/h3-10,15,17H,2H2,1H3,(H,18,19). The summed E-state index contributed by atoms with van der Waals surface area (Å²) in [7, 11) is 0. The number of rotatable bonds is 2. The lowest BCUT2D eigenvalue weighted by Gasteiger charge is -2.28. The molecular weight excluding hydrogens is 236 g/mol. The summed E-state index contributed by atoms with van der Waals surface area (Å²) < 4.78 is 0. The Hall–Kier alpha value is -2.29. The van der Waals surface area contributed by atoms with E-state index in [0.29, 0.717) is 5.56 Å². The summed E-state index contributed by atoms with van der Waals surface area (Å²) in [6.45, 7) is 2.13. The van der Waals surface area contributed by atoms with Crippen molar-refractivity contribution < 1.29 is 4.79 Å². The van der Waals surface area contributed by atoms with E-state index in [9.17, 15) is 4.79 Å². The molecule has 2 aromatic carbocycles. The monoisotopic (exact) mass is 252 g/mol. The van der Waals surface area contributed by atoms with Crippen LogP contribution in [0.5, 0.6) is 0 Å². The molecule has 96 valence electrons. The van der Waals surface area contributed by atoms with E-state index >= 15 is 0 Å². The van der Waals surface area contributed by atoms with Crippen LogP contribution in [-0.2, 0) is 6.42 Å². The van der Waals surface area contributed by atoms with Gasteiger partial charge in [-0.25, -0.2) is 0 Å². The molecule has 1 unspecified atom stereocenters. The lowest BCUT2D eigenvalue weighted by molar-refractivity contribution is 0.0935. The highest BCUT2D eigenvalue weighted by Crippen LogP contribution is 2.26. The molecule has 0 saturated heterocycles. The molecule has 0 fully saturated rings. The van der Waals surface area contributed by atoms with Crippen LogP contribution in [0.4, 0.5) is 5.69 Å². The van der Waals surface area contributed by atoms with Crippen LogP contribution in [0.15, 0.2) is 48.5 Å². The van der Waals surface area contributed by atoms with Crippen molar-refractivity contribution in [2.75, 3.05) is 5.32 Å². The number of hydrogen-bond donors (Lipinski definition) is 2. The topological polar surface area (TPSA) is 41.1 Å². The third kappa shape index (κ3) is 2.19. The SMILES string of the molecule is CCc1ccc(C2NC(=O)c3ccccc3N2)cc1. The van der Waals surface area contributed by atoms with Crippen LogP contribution in [0.25, 0.3) is 0 Å². The van der Waals surface area contributed by atoms with Gasteiger partial charge in [0.05, 0.1) is 5.56 Å². The van der Waals surface area contributed by atoms with Gasteiger partial charge in [-0.15, -0.1) is 0 Å². The summed E-state index contributed by atoms with van der Waals surface area (Å²) in [4.78, 5) is 12.0. The van der Waals surface area contributed by atoms with Crippen molar-refractivity contribution in [1.29, 1.82) is 0 Å². The van der Waals surface area contributed by atoms with Crippen LogP contribution < -0.4 is 10.6 Å². The van der Waals surface area contributed by atoms with Gasteiger partial charge in [-0.3, -0.25) is 4.79 Å². The maximum Gasteiger partial charge on any atom is 0.255 e. The lowest BCUT2D eigenvalue weighted by atomic mass is 10.0. The first-order chi connectivity index (χ1) is 9.28. The van der Waals surface area contributed by atoms with Crippen LogP contribution in [0.2, 0.25) is 0 Å². The maximum atomic E-state index is 12.0. The maximum absolute atomic E-state index is 12.0. The van der Waals surface area contributed by atoms with Gasteiger partial charge in [0.25, 0.3) is 5.91 Å². The van der Waals surface area contributed by atoms with E-state index in [1.54, 1.807) is 0 Å². The number of carbonyl (C=O) groups excluding carboxylic acids is 1. The number of anilines is 1. The predicted molar refractivity (Wildman–Crippen MR) is 76.1 cm³/mol. The third-order valence-electron chi connectivity index (χ3n) is 3.47. The molecular formula is C16H16N2O. The zero-order valence-electron chi connectivity index (χ0n) is 10.8. The average Bonchev–Trinajstić information content (AvgIpc) is 2.47. The smallest absolute Gasteiger partial charge is 0.255 e. The molecule has 1 amide bonds. The molecule has 1 aliphatic heterocycles. The number of fused-ring (bicyclic) bond motifs is 1. The second-order valence-electron chi connectivity index (χ2n) is 4.69. The minimum Gasteiger partial charge on any atom is -0.361 e. The lowest BCUT2D eigenvalue weighted by Crippen LogP contribution is -2.38. The van der Waals surface area contributed by atoms with Crippen LogP contribution >= 0.6 is 0 Å². The van der Waals surface area contributed by atoms with Crippen molar-refractivity contribution in [3.63, 3.8) is 0 Å². The fraction of sp³-hybridized carbons (Fsp3) is 0.188. The highest BCUT2D eigenvalue weighted by Gasteiger charge is 2.23. The second-order valence-corrected chi connectivity index (χ2v) is 4.69. The molecule has 2 aromatic rings. The summed E-state index contributed by atoms with van der Waals surface area (Å²) >= 11 is 0. The average molecular weight is 252 g/mol. The first-order valence-corrected chi connectivity index (χ1v) is 6.53. The van der Waals surface area contributed by atoms with Gasteiger partial charge in [0.2, 0.25) is 0 Å². The number of nitrogens with one attached hydrogen (secondary N) is 2. The Kier molecular flexibility index (Phi) is 2.95. The van der Waals surface area contributed by atoms with E-state index in [-0.39, 0.29) is 12.1 Å². The molecule has 0 radical (unpaired) electrons. The van der Waals surface area contributed by atoms with Gasteiger partial charge in [-0.05, 0) is 29.7 Å². The van der Waals surface area contributed by atoms with Crippen molar-refractivity contribution in [3.05, 3.63) is 65.2 Å². The number of aryl methyl sites for hydroxylation is 1. The Morgan fingerprint density at radius 1 is 1.00 bits per heavy atom. The normalized spacial score (nSPS) is 17.3. The molecule has 1 atom stereocenters. The predicted octanol–water partition coefficient (Wildman–Crippen LogP) is 3.10. The highest BCUT2D eigenvalue weighted by atomic mass is 16.2. The first-order valence-electron chi connectivity index (χ1n) is 6.53. The number of amides is 1. The minimum atomic E-state index is -0.159. The van der Waals surface area contributed by atoms with Gasteiger partial charge in [0, 0.05) is 5.69 Å². The van der Waals surface area contributed by atoms with Crippen LogP contribution in [0.3, 0.4) is 0 Å². The highest BCUT2D eigenvalue weighted by molar-refractivity contribution is 6.01. The van der Waals surface area contributed by atoms with E-state index in [4.69, 9.17) is 0 Å². The van der Waals surface area contributed by atoms with Gasteiger partial charge >= 0.3 is 0 Å². The third-order valence-corrected chi connectivity index (χ3v) is 3.47. The van der Waals surface area contributed by atoms with Crippen molar-refractivity contribution in [2.24, 2.45) is 0 Å². The Balaban J connectivity index is 1.90. The second kappa shape index (κ2) is 4.76. The number of benzene rings is 2. The Morgan fingerprint density at radius 2 is 1.74 bits per heavy atom. The fourth-order valence-corrected chi connectivity index (χ4v) is 2.32. The first kappa shape index (κ1) is 11.8. The molecule has 0 spiro atoms. The summed E-state index contributed by atoms with van der Waals surface area (Å²) in [5, 5.41) is 6.33. The molecule has 19 heavy (non-hydrogen) atoms. The van der Waals surface area contributed by atoms with Crippen LogP contribution in [0, 0.1) is 0 Å². The molecule has 0 aliphatic carbocycles. The Morgan fingerprint density at radius 3 is 2.47 bits per heavy atom. The largest absolute Gasteiger partial charge is 0.361 e. The number of carbonyl (C=O) groups is 1. The van der Waals surface area contributed by atoms with E-state index in [0.717, 1.165) is 17.7 Å². The number of hydrogen-bond acceptors (Lipinski definition) is 2. The van der Waals surface area contributed by atoms with Crippen molar-refractivity contribution in [1.82, 2.24) is 5.32 Å². The fourth-order valence-electron chi connectivity index (χ4n) is 2.32. The van der Waals surface area contributed by atoms with Gasteiger partial charge in [-0.1, -0.05) is 43.3 Å². The van der Waals surface area contributed by atoms with Crippen molar-refractivity contribution >= 4 is 11.6 Å². The quantitative estimate of drug-likeness (QED) is 0.862. The summed E-state index contributed by atoms with van der Waals surface area (Å²) in [6.07, 6.45) is 0.862. The van der Waals surface area contributed by atoms with Crippen LogP contribution in [0.1, 0.15) is 34.6 Å². The van der Waals surface area contributed by atoms with Gasteiger partial charge in [0.15, 0.2) is 0 Å². The van der Waals surface area contributed by atoms with Crippen LogP contribution in [-0.4, -0.2) is 5.91 Å². The Labute approximate surface area is 112 Å². The summed E-state index contributed by atoms with van der Waals surface area (Å²) in [5.41, 5.74) is 3.95. The molecule has 1 heterocycles. The molecule has 3 nitrogen and oxygen atoms in total. The minimum absolute atomic E-state index is 0.0288. The zero-order chi connectivity index (χ0) is 13.2. The Bertz CT molecular complexity index is 604. The van der Waals surface area contributed by atoms with E-state index in [1.807, 2.05) is 24.3 Å². The molecule has 3 heteroatoms. The van der Waals surface area contributed by atoms with Crippen molar-refractivity contribution in [3.8, 4) is 0 Å². The van der Waals surface area contributed by atoms with E-state index in [1.165, 1.54) is 5.56 Å². The molecule has 0 aromatic heterocycles. The van der Waals surface area contributed by atoms with E-state index in [2.05, 4.69) is 41.8 Å². The van der Waals surface area contributed by atoms with Crippen molar-refractivity contribution in [2.45, 2.75) is 19.5 Å². The summed E-state index contributed by atoms with van der Waals surface area (Å²) in [5.74, 6) is -0.0288. The molecule has 0 saturated carbocycles. The zero-order valence-corrected chi connectivity index (χ0v) is 10.8. The molecule has 3 rings (SSSR count). The van der Waals surface area contributed by atoms with Gasteiger partial charge in [-0.2, -0.15) is 0 Å². The summed E-state index contributed by atoms with van der Waals surface area (Å²) in [6, 6.07) is 15.9.